The highest BCUT2D eigenvalue weighted by Crippen LogP contribution is 2.33. The predicted molar refractivity (Wildman–Crippen MR) is 77.3 cm³/mol. The maximum absolute atomic E-state index is 13.9. The van der Waals surface area contributed by atoms with Crippen LogP contribution in [0.15, 0.2) is 48.5 Å². The van der Waals surface area contributed by atoms with Crippen molar-refractivity contribution in [3.63, 3.8) is 0 Å². The molecule has 1 heterocycles. The maximum Gasteiger partial charge on any atom is 0.128 e. The minimum atomic E-state index is -0.448. The van der Waals surface area contributed by atoms with Gasteiger partial charge in [0.2, 0.25) is 0 Å². The zero-order valence-electron chi connectivity index (χ0n) is 10.4. The summed E-state index contributed by atoms with van der Waals surface area (Å²) in [4.78, 5) is 0.846. The Morgan fingerprint density at radius 2 is 1.85 bits per heavy atom. The van der Waals surface area contributed by atoms with Gasteiger partial charge in [-0.3, -0.25) is 5.84 Å². The van der Waals surface area contributed by atoms with E-state index < -0.39 is 6.04 Å². The number of hydrazine groups is 1. The Bertz CT molecular complexity index is 754. The molecule has 0 spiro atoms. The van der Waals surface area contributed by atoms with Crippen LogP contribution in [0.25, 0.3) is 10.1 Å². The van der Waals surface area contributed by atoms with E-state index in [4.69, 9.17) is 5.84 Å². The summed E-state index contributed by atoms with van der Waals surface area (Å²) in [5.74, 6) is 4.97. The van der Waals surface area contributed by atoms with Crippen molar-refractivity contribution < 1.29 is 8.78 Å². The van der Waals surface area contributed by atoms with Gasteiger partial charge in [0.1, 0.15) is 11.6 Å². The topological polar surface area (TPSA) is 38.0 Å². The van der Waals surface area contributed by atoms with Crippen LogP contribution in [0.4, 0.5) is 8.78 Å². The summed E-state index contributed by atoms with van der Waals surface area (Å²) in [6.45, 7) is 0. The number of nitrogens with one attached hydrogen (secondary N) is 1. The number of nitrogens with two attached hydrogens (primary N) is 1. The summed E-state index contributed by atoms with van der Waals surface area (Å²) in [7, 11) is 0. The van der Waals surface area contributed by atoms with Gasteiger partial charge in [-0.05, 0) is 29.7 Å². The predicted octanol–water partition coefficient (Wildman–Crippen LogP) is 3.73. The second-order valence-corrected chi connectivity index (χ2v) is 5.57. The van der Waals surface area contributed by atoms with Crippen LogP contribution in [0.1, 0.15) is 16.5 Å². The second-order valence-electron chi connectivity index (χ2n) is 4.45. The van der Waals surface area contributed by atoms with E-state index in [2.05, 4.69) is 5.43 Å². The fraction of sp³-hybridized carbons (Fsp3) is 0.0667. The molecule has 0 aliphatic rings. The van der Waals surface area contributed by atoms with Crippen LogP contribution in [0.5, 0.6) is 0 Å². The summed E-state index contributed by atoms with van der Waals surface area (Å²) < 4.78 is 27.9. The Hall–Kier alpha value is -1.82. The molecule has 1 unspecified atom stereocenters. The van der Waals surface area contributed by atoms with E-state index in [0.717, 1.165) is 15.0 Å². The lowest BCUT2D eigenvalue weighted by atomic mass is 10.0. The van der Waals surface area contributed by atoms with Gasteiger partial charge in [-0.1, -0.05) is 24.3 Å². The zero-order chi connectivity index (χ0) is 14.1. The molecule has 5 heteroatoms. The second kappa shape index (κ2) is 5.28. The van der Waals surface area contributed by atoms with Crippen LogP contribution < -0.4 is 11.3 Å². The monoisotopic (exact) mass is 290 g/mol. The highest BCUT2D eigenvalue weighted by molar-refractivity contribution is 7.19. The first-order valence-electron chi connectivity index (χ1n) is 6.08. The van der Waals surface area contributed by atoms with Gasteiger partial charge in [0.05, 0.1) is 6.04 Å². The van der Waals surface area contributed by atoms with E-state index in [-0.39, 0.29) is 11.6 Å². The molecule has 3 rings (SSSR count). The van der Waals surface area contributed by atoms with E-state index in [9.17, 15) is 8.78 Å². The first kappa shape index (κ1) is 13.2. The van der Waals surface area contributed by atoms with E-state index in [0.29, 0.717) is 5.56 Å². The number of hydrogen-bond donors (Lipinski definition) is 2. The third-order valence-electron chi connectivity index (χ3n) is 3.17. The summed E-state index contributed by atoms with van der Waals surface area (Å²) in [5, 5.41) is 0.919. The molecule has 0 aliphatic heterocycles. The first-order valence-corrected chi connectivity index (χ1v) is 6.90. The SMILES string of the molecule is NNC(c1cc2ccc(F)cc2s1)c1ccccc1F. The molecular weight excluding hydrogens is 278 g/mol. The molecule has 0 saturated carbocycles. The molecule has 0 fully saturated rings. The molecule has 102 valence electrons. The molecule has 20 heavy (non-hydrogen) atoms. The van der Waals surface area contributed by atoms with Crippen LogP contribution in [-0.2, 0) is 0 Å². The number of benzene rings is 2. The summed E-state index contributed by atoms with van der Waals surface area (Å²) in [5.41, 5.74) is 3.10. The number of thiophene rings is 1. The summed E-state index contributed by atoms with van der Waals surface area (Å²) >= 11 is 1.40. The van der Waals surface area contributed by atoms with Crippen LogP contribution in [0, 0.1) is 11.6 Å². The molecule has 2 nitrogen and oxygen atoms in total. The van der Waals surface area contributed by atoms with Crippen molar-refractivity contribution in [2.24, 2.45) is 5.84 Å². The maximum atomic E-state index is 13.9. The lowest BCUT2D eigenvalue weighted by molar-refractivity contribution is 0.564. The van der Waals surface area contributed by atoms with Crippen LogP contribution in [-0.4, -0.2) is 0 Å². The average molecular weight is 290 g/mol. The van der Waals surface area contributed by atoms with Crippen LogP contribution >= 0.6 is 11.3 Å². The van der Waals surface area contributed by atoms with Gasteiger partial charge in [-0.25, -0.2) is 14.2 Å². The minimum Gasteiger partial charge on any atom is -0.271 e. The normalized spacial score (nSPS) is 12.8. The van der Waals surface area contributed by atoms with Crippen molar-refractivity contribution in [3.05, 3.63) is 70.6 Å². The molecule has 0 saturated heterocycles. The van der Waals surface area contributed by atoms with Crippen molar-refractivity contribution in [1.82, 2.24) is 5.43 Å². The average Bonchev–Trinajstić information content (AvgIpc) is 2.84. The van der Waals surface area contributed by atoms with E-state index in [1.807, 2.05) is 6.07 Å². The van der Waals surface area contributed by atoms with Gasteiger partial charge in [-0.15, -0.1) is 11.3 Å². The standard InChI is InChI=1S/C15H12F2N2S/c16-10-6-5-9-7-14(20-13(9)8-10)15(19-18)11-3-1-2-4-12(11)17/h1-8,15,19H,18H2. The number of rotatable bonds is 3. The molecule has 1 atom stereocenters. The minimum absolute atomic E-state index is 0.283. The van der Waals surface area contributed by atoms with Crippen molar-refractivity contribution in [1.29, 1.82) is 0 Å². The fourth-order valence-electron chi connectivity index (χ4n) is 2.20. The van der Waals surface area contributed by atoms with Crippen LogP contribution in [0.3, 0.4) is 0 Å². The Morgan fingerprint density at radius 1 is 1.05 bits per heavy atom. The first-order chi connectivity index (χ1) is 9.69. The highest BCUT2D eigenvalue weighted by atomic mass is 32.1. The quantitative estimate of drug-likeness (QED) is 0.570. The Balaban J connectivity index is 2.10. The molecule has 1 aromatic heterocycles. The third-order valence-corrected chi connectivity index (χ3v) is 4.33. The third kappa shape index (κ3) is 2.31. The number of fused-ring (bicyclic) bond motifs is 1. The lowest BCUT2D eigenvalue weighted by Gasteiger charge is -2.15. The Labute approximate surface area is 118 Å². The molecule has 0 aliphatic carbocycles. The zero-order valence-corrected chi connectivity index (χ0v) is 11.3. The molecule has 0 bridgehead atoms. The van der Waals surface area contributed by atoms with E-state index in [1.165, 1.54) is 29.5 Å². The van der Waals surface area contributed by atoms with Gasteiger partial charge in [-0.2, -0.15) is 0 Å². The van der Waals surface area contributed by atoms with Gasteiger partial charge in [0.15, 0.2) is 0 Å². The summed E-state index contributed by atoms with van der Waals surface area (Å²) in [6, 6.07) is 12.5. The Kier molecular flexibility index (Phi) is 3.48. The van der Waals surface area contributed by atoms with E-state index >= 15 is 0 Å². The lowest BCUT2D eigenvalue weighted by Crippen LogP contribution is -2.28. The Morgan fingerprint density at radius 3 is 2.60 bits per heavy atom. The molecular formula is C15H12F2N2S. The van der Waals surface area contributed by atoms with E-state index in [1.54, 1.807) is 24.3 Å². The van der Waals surface area contributed by atoms with Gasteiger partial charge >= 0.3 is 0 Å². The smallest absolute Gasteiger partial charge is 0.128 e. The number of halogens is 2. The van der Waals surface area contributed by atoms with Crippen molar-refractivity contribution in [2.75, 3.05) is 0 Å². The molecule has 3 aromatic rings. The largest absolute Gasteiger partial charge is 0.271 e. The van der Waals surface area contributed by atoms with Crippen molar-refractivity contribution in [2.45, 2.75) is 6.04 Å². The molecule has 0 radical (unpaired) electrons. The van der Waals surface area contributed by atoms with Gasteiger partial charge < -0.3 is 0 Å². The van der Waals surface area contributed by atoms with Crippen LogP contribution in [0.2, 0.25) is 0 Å². The molecule has 3 N–H and O–H groups in total. The molecule has 0 amide bonds. The van der Waals surface area contributed by atoms with Crippen molar-refractivity contribution in [3.8, 4) is 0 Å². The van der Waals surface area contributed by atoms with Gasteiger partial charge in [0, 0.05) is 15.1 Å². The van der Waals surface area contributed by atoms with Crippen molar-refractivity contribution >= 4 is 21.4 Å². The number of hydrogen-bond acceptors (Lipinski definition) is 3. The highest BCUT2D eigenvalue weighted by Gasteiger charge is 2.18. The van der Waals surface area contributed by atoms with Gasteiger partial charge in [0.25, 0.3) is 0 Å². The summed E-state index contributed by atoms with van der Waals surface area (Å²) in [6.07, 6.45) is 0. The fourth-order valence-corrected chi connectivity index (χ4v) is 3.37. The molecule has 2 aromatic carbocycles.